The van der Waals surface area contributed by atoms with Crippen LogP contribution in [0, 0.1) is 5.82 Å². The number of hydrogen-bond donors (Lipinski definition) is 0. The average molecular weight is 292 g/mol. The molecule has 6 heteroatoms. The largest absolute Gasteiger partial charge is 0.494 e. The van der Waals surface area contributed by atoms with Gasteiger partial charge in [-0.1, -0.05) is 0 Å². The van der Waals surface area contributed by atoms with Crippen molar-refractivity contribution in [1.82, 2.24) is 9.78 Å². The predicted octanol–water partition coefficient (Wildman–Crippen LogP) is 2.85. The second-order valence-corrected chi connectivity index (χ2v) is 4.78. The summed E-state index contributed by atoms with van der Waals surface area (Å²) in [7, 11) is 2.84. The third kappa shape index (κ3) is 2.74. The highest BCUT2D eigenvalue weighted by Crippen LogP contribution is 2.26. The Labute approximate surface area is 122 Å². The van der Waals surface area contributed by atoms with Crippen molar-refractivity contribution in [3.8, 4) is 11.5 Å². The zero-order valence-corrected chi connectivity index (χ0v) is 12.4. The fourth-order valence-corrected chi connectivity index (χ4v) is 2.05. The van der Waals surface area contributed by atoms with Crippen LogP contribution in [-0.4, -0.2) is 29.8 Å². The lowest BCUT2D eigenvalue weighted by Crippen LogP contribution is -2.14. The lowest BCUT2D eigenvalue weighted by atomic mass is 10.1. The summed E-state index contributed by atoms with van der Waals surface area (Å²) in [6.45, 7) is 3.80. The van der Waals surface area contributed by atoms with Crippen LogP contribution >= 0.6 is 0 Å². The van der Waals surface area contributed by atoms with Crippen LogP contribution in [0.1, 0.15) is 35.9 Å². The van der Waals surface area contributed by atoms with Gasteiger partial charge in [-0.05, 0) is 32.0 Å². The summed E-state index contributed by atoms with van der Waals surface area (Å²) in [4.78, 5) is 12.6. The summed E-state index contributed by atoms with van der Waals surface area (Å²) in [6.07, 6.45) is 1.48. The van der Waals surface area contributed by atoms with Crippen molar-refractivity contribution in [3.63, 3.8) is 0 Å². The normalized spacial score (nSPS) is 10.8. The van der Waals surface area contributed by atoms with Crippen molar-refractivity contribution in [2.75, 3.05) is 14.2 Å². The van der Waals surface area contributed by atoms with Crippen LogP contribution in [0.4, 0.5) is 4.39 Å². The predicted molar refractivity (Wildman–Crippen MR) is 75.5 cm³/mol. The molecule has 0 spiro atoms. The first kappa shape index (κ1) is 15.0. The van der Waals surface area contributed by atoms with E-state index in [1.165, 1.54) is 32.5 Å². The van der Waals surface area contributed by atoms with Gasteiger partial charge in [0.25, 0.3) is 0 Å². The number of benzene rings is 1. The molecular formula is C15H17FN2O3. The molecule has 5 nitrogen and oxygen atoms in total. The smallest absolute Gasteiger partial charge is 0.214 e. The number of nitrogens with zero attached hydrogens (tertiary/aromatic N) is 2. The first-order chi connectivity index (χ1) is 9.99. The molecule has 0 aliphatic carbocycles. The Morgan fingerprint density at radius 3 is 2.43 bits per heavy atom. The van der Waals surface area contributed by atoms with E-state index in [4.69, 9.17) is 9.47 Å². The molecule has 0 fully saturated rings. The molecule has 0 unspecified atom stereocenters. The minimum atomic E-state index is -0.585. The number of carbonyl (C=O) groups excluding carboxylic acids is 1. The Morgan fingerprint density at radius 1 is 1.24 bits per heavy atom. The SMILES string of the molecule is COc1ccc(C(=O)c2c(OC)cnn2C(C)C)cc1F. The molecular weight excluding hydrogens is 275 g/mol. The minimum Gasteiger partial charge on any atom is -0.494 e. The molecule has 0 saturated carbocycles. The summed E-state index contributed by atoms with van der Waals surface area (Å²) in [6, 6.07) is 4.07. The van der Waals surface area contributed by atoms with Crippen molar-refractivity contribution in [2.45, 2.75) is 19.9 Å². The maximum absolute atomic E-state index is 13.8. The quantitative estimate of drug-likeness (QED) is 0.795. The summed E-state index contributed by atoms with van der Waals surface area (Å²) in [5, 5.41) is 4.14. The van der Waals surface area contributed by atoms with Crippen LogP contribution in [0.15, 0.2) is 24.4 Å². The molecule has 0 bridgehead atoms. The zero-order valence-electron chi connectivity index (χ0n) is 12.4. The van der Waals surface area contributed by atoms with Gasteiger partial charge in [-0.25, -0.2) is 4.39 Å². The number of ether oxygens (including phenoxy) is 2. The van der Waals surface area contributed by atoms with E-state index in [-0.39, 0.29) is 23.1 Å². The molecule has 0 radical (unpaired) electrons. The van der Waals surface area contributed by atoms with E-state index >= 15 is 0 Å². The van der Waals surface area contributed by atoms with Crippen LogP contribution in [0.3, 0.4) is 0 Å². The number of aromatic nitrogens is 2. The van der Waals surface area contributed by atoms with Gasteiger partial charge in [0.1, 0.15) is 0 Å². The van der Waals surface area contributed by atoms with Crippen molar-refractivity contribution >= 4 is 5.78 Å². The molecule has 0 aliphatic rings. The minimum absolute atomic E-state index is 0.0176. The van der Waals surface area contributed by atoms with Gasteiger partial charge in [0.05, 0.1) is 20.4 Å². The number of halogens is 1. The van der Waals surface area contributed by atoms with E-state index in [1.807, 2.05) is 13.8 Å². The third-order valence-electron chi connectivity index (χ3n) is 3.10. The number of ketones is 1. The van der Waals surface area contributed by atoms with E-state index in [2.05, 4.69) is 5.10 Å². The van der Waals surface area contributed by atoms with Gasteiger partial charge in [-0.3, -0.25) is 9.48 Å². The van der Waals surface area contributed by atoms with Gasteiger partial charge in [-0.15, -0.1) is 0 Å². The molecule has 21 heavy (non-hydrogen) atoms. The fraction of sp³-hybridized carbons (Fsp3) is 0.333. The molecule has 112 valence electrons. The van der Waals surface area contributed by atoms with E-state index in [1.54, 1.807) is 4.68 Å². The van der Waals surface area contributed by atoms with E-state index in [9.17, 15) is 9.18 Å². The Balaban J connectivity index is 2.49. The lowest BCUT2D eigenvalue weighted by Gasteiger charge is -2.11. The second kappa shape index (κ2) is 5.95. The Bertz CT molecular complexity index is 665. The summed E-state index contributed by atoms with van der Waals surface area (Å²) in [5.74, 6) is -0.474. The van der Waals surface area contributed by atoms with Crippen LogP contribution in [-0.2, 0) is 0 Å². The summed E-state index contributed by atoms with van der Waals surface area (Å²) >= 11 is 0. The van der Waals surface area contributed by atoms with Crippen molar-refractivity contribution in [2.24, 2.45) is 0 Å². The van der Waals surface area contributed by atoms with Crippen LogP contribution in [0.25, 0.3) is 0 Å². The van der Waals surface area contributed by atoms with Crippen molar-refractivity contribution in [3.05, 3.63) is 41.5 Å². The maximum Gasteiger partial charge on any atom is 0.214 e. The molecule has 1 aromatic heterocycles. The van der Waals surface area contributed by atoms with Crippen molar-refractivity contribution < 1.29 is 18.7 Å². The highest BCUT2D eigenvalue weighted by atomic mass is 19.1. The van der Waals surface area contributed by atoms with Gasteiger partial charge >= 0.3 is 0 Å². The van der Waals surface area contributed by atoms with E-state index < -0.39 is 5.82 Å². The first-order valence-corrected chi connectivity index (χ1v) is 6.49. The maximum atomic E-state index is 13.8. The molecule has 2 rings (SSSR count). The van der Waals surface area contributed by atoms with Gasteiger partial charge in [-0.2, -0.15) is 5.10 Å². The Kier molecular flexibility index (Phi) is 4.26. The average Bonchev–Trinajstić information content (AvgIpc) is 2.90. The summed E-state index contributed by atoms with van der Waals surface area (Å²) in [5.41, 5.74) is 0.520. The molecule has 2 aromatic rings. The summed E-state index contributed by atoms with van der Waals surface area (Å²) < 4.78 is 25.3. The second-order valence-electron chi connectivity index (χ2n) is 4.78. The van der Waals surface area contributed by atoms with E-state index in [0.29, 0.717) is 11.4 Å². The molecule has 0 aliphatic heterocycles. The Morgan fingerprint density at radius 2 is 1.90 bits per heavy atom. The number of carbonyl (C=O) groups is 1. The fourth-order valence-electron chi connectivity index (χ4n) is 2.05. The topological polar surface area (TPSA) is 53.4 Å². The number of methoxy groups -OCH3 is 2. The molecule has 0 saturated heterocycles. The van der Waals surface area contributed by atoms with Gasteiger partial charge in [0, 0.05) is 11.6 Å². The Hall–Kier alpha value is -2.37. The number of hydrogen-bond acceptors (Lipinski definition) is 4. The molecule has 1 aromatic carbocycles. The van der Waals surface area contributed by atoms with Crippen molar-refractivity contribution in [1.29, 1.82) is 0 Å². The third-order valence-corrected chi connectivity index (χ3v) is 3.10. The molecule has 0 atom stereocenters. The highest BCUT2D eigenvalue weighted by molar-refractivity contribution is 6.09. The lowest BCUT2D eigenvalue weighted by molar-refractivity contribution is 0.102. The first-order valence-electron chi connectivity index (χ1n) is 6.49. The molecule has 1 heterocycles. The van der Waals surface area contributed by atoms with E-state index in [0.717, 1.165) is 6.07 Å². The van der Waals surface area contributed by atoms with Crippen LogP contribution in [0.2, 0.25) is 0 Å². The van der Waals surface area contributed by atoms with Gasteiger partial charge in [0.15, 0.2) is 23.0 Å². The molecule has 0 N–H and O–H groups in total. The van der Waals surface area contributed by atoms with Crippen LogP contribution in [0.5, 0.6) is 11.5 Å². The van der Waals surface area contributed by atoms with Gasteiger partial charge < -0.3 is 9.47 Å². The zero-order chi connectivity index (χ0) is 15.6. The molecule has 0 amide bonds. The van der Waals surface area contributed by atoms with Gasteiger partial charge in [0.2, 0.25) is 5.78 Å². The van der Waals surface area contributed by atoms with Crippen LogP contribution < -0.4 is 9.47 Å². The monoisotopic (exact) mass is 292 g/mol. The highest BCUT2D eigenvalue weighted by Gasteiger charge is 2.23. The standard InChI is InChI=1S/C15H17FN2O3/c1-9(2)18-14(13(21-4)8-17-18)15(19)10-5-6-12(20-3)11(16)7-10/h5-9H,1-4H3. The number of rotatable bonds is 5.